The van der Waals surface area contributed by atoms with Crippen molar-refractivity contribution in [2.45, 2.75) is 17.9 Å². The third kappa shape index (κ3) is 6.13. The Bertz CT molecular complexity index is 1200. The monoisotopic (exact) mass is 475 g/mol. The highest BCUT2D eigenvalue weighted by molar-refractivity contribution is 7.89. The number of amides is 1. The van der Waals surface area contributed by atoms with Gasteiger partial charge < -0.3 is 20.1 Å². The van der Waals surface area contributed by atoms with Gasteiger partial charge in [-0.25, -0.2) is 13.6 Å². The van der Waals surface area contributed by atoms with E-state index in [9.17, 15) is 13.2 Å². The standard InChI is InChI=1S/C22H22ClN3O5S/c1-14(22(27)26-16-4-10-19(11-5-16)32(24,28)29)25-20-13-15(23)3-12-21(20)31-18-8-6-17(30-2)7-9-18/h3-14,25H,1-2H3,(H,26,27)(H2,24,28,29)/t14-/m1/s1. The van der Waals surface area contributed by atoms with E-state index in [4.69, 9.17) is 26.2 Å². The smallest absolute Gasteiger partial charge is 0.246 e. The average Bonchev–Trinajstić information content (AvgIpc) is 2.76. The molecule has 0 aliphatic rings. The lowest BCUT2D eigenvalue weighted by Crippen LogP contribution is -2.32. The quantitative estimate of drug-likeness (QED) is 0.448. The highest BCUT2D eigenvalue weighted by Crippen LogP contribution is 2.33. The van der Waals surface area contributed by atoms with Crippen LogP contribution in [-0.4, -0.2) is 27.5 Å². The zero-order valence-electron chi connectivity index (χ0n) is 17.3. The third-order valence-electron chi connectivity index (χ3n) is 4.44. The number of anilines is 2. The Labute approximate surface area is 191 Å². The molecule has 0 saturated carbocycles. The van der Waals surface area contributed by atoms with Gasteiger partial charge in [-0.2, -0.15) is 0 Å². The second-order valence-corrected chi connectivity index (χ2v) is 8.84. The minimum Gasteiger partial charge on any atom is -0.497 e. The predicted molar refractivity (Wildman–Crippen MR) is 124 cm³/mol. The summed E-state index contributed by atoms with van der Waals surface area (Å²) < 4.78 is 33.8. The highest BCUT2D eigenvalue weighted by Gasteiger charge is 2.16. The van der Waals surface area contributed by atoms with Crippen molar-refractivity contribution in [1.82, 2.24) is 0 Å². The largest absolute Gasteiger partial charge is 0.497 e. The van der Waals surface area contributed by atoms with Gasteiger partial charge in [-0.05, 0) is 73.7 Å². The molecule has 168 valence electrons. The van der Waals surface area contributed by atoms with Gasteiger partial charge in [-0.15, -0.1) is 0 Å². The topological polar surface area (TPSA) is 120 Å². The van der Waals surface area contributed by atoms with Crippen molar-refractivity contribution in [3.05, 3.63) is 71.8 Å². The molecular weight excluding hydrogens is 454 g/mol. The summed E-state index contributed by atoms with van der Waals surface area (Å²) in [7, 11) is -2.22. The van der Waals surface area contributed by atoms with Gasteiger partial charge in [-0.1, -0.05) is 11.6 Å². The molecule has 0 spiro atoms. The Hall–Kier alpha value is -3.27. The molecule has 4 N–H and O–H groups in total. The van der Waals surface area contributed by atoms with Crippen LogP contribution in [0.4, 0.5) is 11.4 Å². The summed E-state index contributed by atoms with van der Waals surface area (Å²) >= 11 is 6.13. The molecule has 32 heavy (non-hydrogen) atoms. The highest BCUT2D eigenvalue weighted by atomic mass is 35.5. The molecule has 0 heterocycles. The Morgan fingerprint density at radius 2 is 1.62 bits per heavy atom. The zero-order valence-corrected chi connectivity index (χ0v) is 18.9. The average molecular weight is 476 g/mol. The second-order valence-electron chi connectivity index (χ2n) is 6.84. The molecule has 8 nitrogen and oxygen atoms in total. The van der Waals surface area contributed by atoms with Crippen molar-refractivity contribution in [2.75, 3.05) is 17.7 Å². The lowest BCUT2D eigenvalue weighted by Gasteiger charge is -2.18. The Morgan fingerprint density at radius 3 is 2.22 bits per heavy atom. The van der Waals surface area contributed by atoms with Gasteiger partial charge in [0.2, 0.25) is 15.9 Å². The molecule has 0 fully saturated rings. The number of halogens is 1. The molecule has 10 heteroatoms. The first-order valence-corrected chi connectivity index (χ1v) is 11.4. The first kappa shape index (κ1) is 23.4. The van der Waals surface area contributed by atoms with Gasteiger partial charge in [0.1, 0.15) is 17.5 Å². The van der Waals surface area contributed by atoms with Crippen LogP contribution in [0.1, 0.15) is 6.92 Å². The summed E-state index contributed by atoms with van der Waals surface area (Å²) in [6, 6.07) is 17.0. The number of ether oxygens (including phenoxy) is 2. The lowest BCUT2D eigenvalue weighted by molar-refractivity contribution is -0.116. The minimum absolute atomic E-state index is 0.0408. The van der Waals surface area contributed by atoms with E-state index < -0.39 is 16.1 Å². The molecule has 0 saturated heterocycles. The van der Waals surface area contributed by atoms with Crippen molar-refractivity contribution in [3.63, 3.8) is 0 Å². The first-order valence-electron chi connectivity index (χ1n) is 9.47. The van der Waals surface area contributed by atoms with E-state index >= 15 is 0 Å². The summed E-state index contributed by atoms with van der Waals surface area (Å²) in [6.45, 7) is 1.67. The maximum atomic E-state index is 12.6. The molecule has 3 aromatic rings. The van der Waals surface area contributed by atoms with Crippen molar-refractivity contribution < 1.29 is 22.7 Å². The van der Waals surface area contributed by atoms with Crippen molar-refractivity contribution >= 4 is 38.9 Å². The summed E-state index contributed by atoms with van der Waals surface area (Å²) in [5.41, 5.74) is 0.956. The number of methoxy groups -OCH3 is 1. The van der Waals surface area contributed by atoms with E-state index in [-0.39, 0.29) is 10.8 Å². The maximum absolute atomic E-state index is 12.6. The number of carbonyl (C=O) groups excluding carboxylic acids is 1. The second kappa shape index (κ2) is 9.90. The molecular formula is C22H22ClN3O5S. The molecule has 0 aliphatic carbocycles. The van der Waals surface area contributed by atoms with Gasteiger partial charge in [0.15, 0.2) is 5.75 Å². The van der Waals surface area contributed by atoms with Gasteiger partial charge in [-0.3, -0.25) is 4.79 Å². The normalized spacial score (nSPS) is 12.0. The predicted octanol–water partition coefficient (Wildman–Crippen LogP) is 4.23. The van der Waals surface area contributed by atoms with Gasteiger partial charge in [0.05, 0.1) is 17.7 Å². The van der Waals surface area contributed by atoms with Crippen LogP contribution in [0.5, 0.6) is 17.2 Å². The van der Waals surface area contributed by atoms with Gasteiger partial charge in [0.25, 0.3) is 0 Å². The van der Waals surface area contributed by atoms with E-state index in [1.54, 1.807) is 56.5 Å². The summed E-state index contributed by atoms with van der Waals surface area (Å²) in [6.07, 6.45) is 0. The number of benzene rings is 3. The minimum atomic E-state index is -3.80. The van der Waals surface area contributed by atoms with Crippen LogP contribution in [0.15, 0.2) is 71.6 Å². The number of hydrogen-bond donors (Lipinski definition) is 3. The van der Waals surface area contributed by atoms with E-state index in [0.717, 1.165) is 0 Å². The molecule has 0 bridgehead atoms. The summed E-state index contributed by atoms with van der Waals surface area (Å²) in [5.74, 6) is 1.43. The molecule has 0 radical (unpaired) electrons. The van der Waals surface area contributed by atoms with Gasteiger partial charge in [0, 0.05) is 10.7 Å². The molecule has 3 rings (SSSR count). The number of carbonyl (C=O) groups is 1. The number of sulfonamides is 1. The Kier molecular flexibility index (Phi) is 7.24. The van der Waals surface area contributed by atoms with Gasteiger partial charge >= 0.3 is 0 Å². The summed E-state index contributed by atoms with van der Waals surface area (Å²) in [4.78, 5) is 12.6. The van der Waals surface area contributed by atoms with Crippen LogP contribution < -0.4 is 25.2 Å². The van der Waals surface area contributed by atoms with Crippen LogP contribution in [0.3, 0.4) is 0 Å². The van der Waals surface area contributed by atoms with E-state index in [1.165, 1.54) is 24.3 Å². The summed E-state index contributed by atoms with van der Waals surface area (Å²) in [5, 5.41) is 11.4. The van der Waals surface area contributed by atoms with Crippen LogP contribution in [0.2, 0.25) is 5.02 Å². The molecule has 1 amide bonds. The van der Waals surface area contributed by atoms with Crippen LogP contribution in [0, 0.1) is 0 Å². The number of primary sulfonamides is 1. The number of nitrogens with one attached hydrogen (secondary N) is 2. The molecule has 1 atom stereocenters. The number of hydrogen-bond acceptors (Lipinski definition) is 6. The van der Waals surface area contributed by atoms with Crippen molar-refractivity contribution in [2.24, 2.45) is 5.14 Å². The zero-order chi connectivity index (χ0) is 23.3. The van der Waals surface area contributed by atoms with Crippen LogP contribution in [0.25, 0.3) is 0 Å². The van der Waals surface area contributed by atoms with Crippen molar-refractivity contribution in [3.8, 4) is 17.2 Å². The fourth-order valence-corrected chi connectivity index (χ4v) is 3.44. The van der Waals surface area contributed by atoms with E-state index in [0.29, 0.717) is 33.6 Å². The van der Waals surface area contributed by atoms with E-state index in [1.807, 2.05) is 0 Å². The van der Waals surface area contributed by atoms with Crippen molar-refractivity contribution in [1.29, 1.82) is 0 Å². The fraction of sp³-hybridized carbons (Fsp3) is 0.136. The lowest BCUT2D eigenvalue weighted by atomic mass is 10.2. The van der Waals surface area contributed by atoms with Crippen LogP contribution in [-0.2, 0) is 14.8 Å². The molecule has 0 unspecified atom stereocenters. The van der Waals surface area contributed by atoms with E-state index in [2.05, 4.69) is 10.6 Å². The third-order valence-corrected chi connectivity index (χ3v) is 5.61. The first-order chi connectivity index (χ1) is 15.2. The maximum Gasteiger partial charge on any atom is 0.246 e. The molecule has 3 aromatic carbocycles. The Morgan fingerprint density at radius 1 is 1.00 bits per heavy atom. The van der Waals surface area contributed by atoms with Crippen LogP contribution >= 0.6 is 11.6 Å². The fourth-order valence-electron chi connectivity index (χ4n) is 2.75. The number of nitrogens with two attached hydrogens (primary N) is 1. The molecule has 0 aromatic heterocycles. The molecule has 0 aliphatic heterocycles. The SMILES string of the molecule is COc1ccc(Oc2ccc(Cl)cc2N[C@H](C)C(=O)Nc2ccc(S(N)(=O)=O)cc2)cc1. The number of rotatable bonds is 8. The Balaban J connectivity index is 1.71.